The van der Waals surface area contributed by atoms with Crippen molar-refractivity contribution >= 4 is 18.1 Å². The molecule has 0 saturated carbocycles. The molecule has 10 heteroatoms. The zero-order valence-corrected chi connectivity index (χ0v) is 21.7. The fourth-order valence-corrected chi connectivity index (χ4v) is 4.26. The number of benzene rings is 1. The number of hydrogen-bond acceptors (Lipinski definition) is 5. The van der Waals surface area contributed by atoms with Crippen LogP contribution in [-0.2, 0) is 17.9 Å². The lowest BCUT2D eigenvalue weighted by atomic mass is 9.98. The summed E-state index contributed by atoms with van der Waals surface area (Å²) < 4.78 is 45.9. The van der Waals surface area contributed by atoms with Gasteiger partial charge in [0.2, 0.25) is 0 Å². The SMILES string of the molecule is C/C=c1/ccc(-c2ccc(=O)n(CC(F)F)n2)n/c1=C/C(=C/CC)CNC(=O)c1ccc2c(c1)C(F)COC2. The minimum atomic E-state index is -2.72. The number of hydrogen-bond donors (Lipinski definition) is 1. The zero-order chi connectivity index (χ0) is 27.9. The second-order valence-electron chi connectivity index (χ2n) is 9.00. The second-order valence-corrected chi connectivity index (χ2v) is 9.00. The summed E-state index contributed by atoms with van der Waals surface area (Å²) in [4.78, 5) is 29.5. The largest absolute Gasteiger partial charge is 0.373 e. The molecule has 0 bridgehead atoms. The molecule has 3 aromatic rings. The third-order valence-electron chi connectivity index (χ3n) is 6.22. The summed E-state index contributed by atoms with van der Waals surface area (Å²) in [6.45, 7) is 3.52. The number of halogens is 3. The van der Waals surface area contributed by atoms with Crippen LogP contribution in [0.1, 0.15) is 47.9 Å². The molecule has 4 rings (SSSR count). The second kappa shape index (κ2) is 12.7. The number of amides is 1. The molecule has 0 spiro atoms. The van der Waals surface area contributed by atoms with Crippen LogP contribution in [0, 0.1) is 0 Å². The van der Waals surface area contributed by atoms with Crippen molar-refractivity contribution < 1.29 is 22.7 Å². The maximum Gasteiger partial charge on any atom is 0.266 e. The van der Waals surface area contributed by atoms with Crippen LogP contribution in [0.25, 0.3) is 23.5 Å². The minimum absolute atomic E-state index is 0.0258. The Morgan fingerprint density at radius 3 is 2.74 bits per heavy atom. The number of nitrogens with zero attached hydrogens (tertiary/aromatic N) is 3. The van der Waals surface area contributed by atoms with Crippen molar-refractivity contribution in [3.8, 4) is 11.4 Å². The third-order valence-corrected chi connectivity index (χ3v) is 6.22. The average molecular weight is 539 g/mol. The predicted molar refractivity (Wildman–Crippen MR) is 142 cm³/mol. The molecule has 0 aliphatic carbocycles. The van der Waals surface area contributed by atoms with Crippen molar-refractivity contribution in [1.82, 2.24) is 20.1 Å². The molecule has 1 aliphatic heterocycles. The summed E-state index contributed by atoms with van der Waals surface area (Å²) in [6, 6.07) is 11.1. The van der Waals surface area contributed by atoms with Gasteiger partial charge in [-0.25, -0.2) is 22.8 Å². The molecular formula is C29H29F3N4O3. The molecule has 1 unspecified atom stereocenters. The van der Waals surface area contributed by atoms with E-state index in [2.05, 4.69) is 15.4 Å². The van der Waals surface area contributed by atoms with Crippen LogP contribution in [0.5, 0.6) is 0 Å². The summed E-state index contributed by atoms with van der Waals surface area (Å²) in [6.07, 6.45) is 2.38. The Kier molecular flexibility index (Phi) is 9.08. The Labute approximate surface area is 223 Å². The van der Waals surface area contributed by atoms with Gasteiger partial charge in [-0.05, 0) is 65.6 Å². The van der Waals surface area contributed by atoms with Crippen LogP contribution >= 0.6 is 0 Å². The monoisotopic (exact) mass is 538 g/mol. The lowest BCUT2D eigenvalue weighted by Gasteiger charge is -2.20. The van der Waals surface area contributed by atoms with Crippen molar-refractivity contribution in [2.24, 2.45) is 0 Å². The summed E-state index contributed by atoms with van der Waals surface area (Å²) in [5.74, 6) is -0.332. The van der Waals surface area contributed by atoms with E-state index in [9.17, 15) is 22.8 Å². The normalized spacial score (nSPS) is 16.5. The highest BCUT2D eigenvalue weighted by Gasteiger charge is 2.21. The van der Waals surface area contributed by atoms with Crippen molar-refractivity contribution in [2.45, 2.75) is 46.0 Å². The number of rotatable bonds is 8. The standard InChI is InChI=1S/C29H29F3N4O3/c1-3-5-18(14-33-29(38)20-6-7-21-16-39-17-23(30)22(21)13-20)12-26-19(4-2)8-9-24(34-26)25-10-11-28(37)36(35-25)15-27(31)32/h4-13,23,27H,3,14-17H2,1-2H3,(H,33,38)/b18-5-,19-4-,26-12+. The van der Waals surface area contributed by atoms with E-state index in [0.717, 1.165) is 21.0 Å². The average Bonchev–Trinajstić information content (AvgIpc) is 2.92. The van der Waals surface area contributed by atoms with E-state index in [1.165, 1.54) is 12.1 Å². The van der Waals surface area contributed by atoms with Crippen LogP contribution in [0.2, 0.25) is 0 Å². The molecule has 204 valence electrons. The fraction of sp³-hybridized carbons (Fsp3) is 0.310. The van der Waals surface area contributed by atoms with Crippen molar-refractivity contribution in [3.05, 3.63) is 91.7 Å². The number of allylic oxidation sites excluding steroid dienone is 1. The highest BCUT2D eigenvalue weighted by atomic mass is 19.3. The predicted octanol–water partition coefficient (Wildman–Crippen LogP) is 3.46. The Balaban J connectivity index is 1.60. The van der Waals surface area contributed by atoms with E-state index in [0.29, 0.717) is 35.2 Å². The van der Waals surface area contributed by atoms with E-state index in [1.54, 1.807) is 24.3 Å². The van der Waals surface area contributed by atoms with Gasteiger partial charge in [0, 0.05) is 18.2 Å². The molecule has 1 atom stereocenters. The Bertz CT molecular complexity index is 1570. The van der Waals surface area contributed by atoms with Crippen LogP contribution in [0.4, 0.5) is 13.2 Å². The molecule has 0 fully saturated rings. The van der Waals surface area contributed by atoms with Crippen LogP contribution in [-0.4, -0.2) is 40.2 Å². The fourth-order valence-electron chi connectivity index (χ4n) is 4.26. The molecule has 1 aliphatic rings. The third kappa shape index (κ3) is 6.88. The van der Waals surface area contributed by atoms with Gasteiger partial charge >= 0.3 is 0 Å². The quantitative estimate of drug-likeness (QED) is 0.475. The van der Waals surface area contributed by atoms with E-state index >= 15 is 0 Å². The van der Waals surface area contributed by atoms with Crippen LogP contribution < -0.4 is 21.4 Å². The summed E-state index contributed by atoms with van der Waals surface area (Å²) in [5.41, 5.74) is 2.44. The lowest BCUT2D eigenvalue weighted by Crippen LogP contribution is -2.31. The number of carbonyl (C=O) groups excluding carboxylic acids is 1. The molecule has 3 heterocycles. The summed E-state index contributed by atoms with van der Waals surface area (Å²) in [5, 5.41) is 8.35. The molecule has 1 N–H and O–H groups in total. The Morgan fingerprint density at radius 2 is 2.00 bits per heavy atom. The molecule has 1 aromatic carbocycles. The van der Waals surface area contributed by atoms with E-state index in [-0.39, 0.29) is 24.8 Å². The van der Waals surface area contributed by atoms with E-state index < -0.39 is 24.7 Å². The summed E-state index contributed by atoms with van der Waals surface area (Å²) >= 11 is 0. The highest BCUT2D eigenvalue weighted by Crippen LogP contribution is 2.28. The molecule has 0 saturated heterocycles. The molecule has 2 aromatic heterocycles. The van der Waals surface area contributed by atoms with E-state index in [4.69, 9.17) is 4.74 Å². The first kappa shape index (κ1) is 28.0. The number of pyridine rings is 1. The zero-order valence-electron chi connectivity index (χ0n) is 21.7. The first-order valence-electron chi connectivity index (χ1n) is 12.6. The Morgan fingerprint density at radius 1 is 1.21 bits per heavy atom. The van der Waals surface area contributed by atoms with Gasteiger partial charge in [-0.3, -0.25) is 9.59 Å². The lowest BCUT2D eigenvalue weighted by molar-refractivity contribution is 0.0512. The summed E-state index contributed by atoms with van der Waals surface area (Å²) in [7, 11) is 0. The van der Waals surface area contributed by atoms with Crippen LogP contribution in [0.3, 0.4) is 0 Å². The molecule has 0 radical (unpaired) electrons. The smallest absolute Gasteiger partial charge is 0.266 e. The van der Waals surface area contributed by atoms with Gasteiger partial charge in [0.15, 0.2) is 0 Å². The van der Waals surface area contributed by atoms with Crippen molar-refractivity contribution in [1.29, 1.82) is 0 Å². The van der Waals surface area contributed by atoms with Gasteiger partial charge < -0.3 is 10.1 Å². The maximum absolute atomic E-state index is 14.3. The van der Waals surface area contributed by atoms with Gasteiger partial charge in [0.25, 0.3) is 17.9 Å². The first-order valence-corrected chi connectivity index (χ1v) is 12.6. The van der Waals surface area contributed by atoms with Gasteiger partial charge in [-0.2, -0.15) is 5.10 Å². The number of fused-ring (bicyclic) bond motifs is 1. The minimum Gasteiger partial charge on any atom is -0.373 e. The van der Waals surface area contributed by atoms with Gasteiger partial charge in [0.1, 0.15) is 18.4 Å². The van der Waals surface area contributed by atoms with Crippen molar-refractivity contribution in [2.75, 3.05) is 13.2 Å². The number of nitrogens with one attached hydrogen (secondary N) is 1. The molecule has 7 nitrogen and oxygen atoms in total. The molecule has 1 amide bonds. The number of ether oxygens (including phenoxy) is 1. The topological polar surface area (TPSA) is 86.1 Å². The number of carbonyl (C=O) groups is 1. The Hall–Kier alpha value is -4.05. The molecule has 39 heavy (non-hydrogen) atoms. The maximum atomic E-state index is 14.3. The van der Waals surface area contributed by atoms with Gasteiger partial charge in [-0.15, -0.1) is 0 Å². The molecular weight excluding hydrogens is 509 g/mol. The van der Waals surface area contributed by atoms with Gasteiger partial charge in [0.05, 0.1) is 24.3 Å². The number of aromatic nitrogens is 3. The highest BCUT2D eigenvalue weighted by molar-refractivity contribution is 5.94. The van der Waals surface area contributed by atoms with Gasteiger partial charge in [-0.1, -0.05) is 31.2 Å². The van der Waals surface area contributed by atoms with Crippen molar-refractivity contribution in [3.63, 3.8) is 0 Å². The number of alkyl halides is 3. The van der Waals surface area contributed by atoms with E-state index in [1.807, 2.05) is 38.1 Å². The van der Waals surface area contributed by atoms with Crippen LogP contribution in [0.15, 0.2) is 58.9 Å². The first-order chi connectivity index (χ1) is 18.8.